The molecule has 5 aromatic carbocycles. The minimum Gasteiger partial charge on any atom is -0.308 e. The molecule has 0 aliphatic rings. The van der Waals surface area contributed by atoms with Gasteiger partial charge >= 0.3 is 0 Å². The van der Waals surface area contributed by atoms with E-state index in [1.54, 1.807) is 0 Å². The highest BCUT2D eigenvalue weighted by Crippen LogP contribution is 2.39. The van der Waals surface area contributed by atoms with Crippen LogP contribution < -0.4 is 0 Å². The minimum absolute atomic E-state index is 0.0728. The molecule has 0 fully saturated rings. The minimum atomic E-state index is 0.0728. The average Bonchev–Trinajstić information content (AvgIpc) is 3.23. The second-order valence-electron chi connectivity index (χ2n) is 10.6. The van der Waals surface area contributed by atoms with Crippen molar-refractivity contribution in [2.24, 2.45) is 0 Å². The number of fused-ring (bicyclic) bond motifs is 10. The van der Waals surface area contributed by atoms with Gasteiger partial charge in [0.25, 0.3) is 0 Å². The van der Waals surface area contributed by atoms with Crippen molar-refractivity contribution in [3.05, 3.63) is 115 Å². The van der Waals surface area contributed by atoms with E-state index in [-0.39, 0.29) is 5.41 Å². The van der Waals surface area contributed by atoms with Gasteiger partial charge in [0.1, 0.15) is 0 Å². The summed E-state index contributed by atoms with van der Waals surface area (Å²) < 4.78 is 2.49. The van der Waals surface area contributed by atoms with Crippen LogP contribution in [0.1, 0.15) is 26.3 Å². The molecule has 2 aromatic heterocycles. The van der Waals surface area contributed by atoms with E-state index in [2.05, 4.69) is 134 Å². The van der Waals surface area contributed by atoms with Crippen molar-refractivity contribution in [1.29, 1.82) is 0 Å². The zero-order valence-corrected chi connectivity index (χ0v) is 20.3. The number of hydrogen-bond acceptors (Lipinski definition) is 0. The normalized spacial score (nSPS) is 12.4. The maximum atomic E-state index is 2.49. The number of benzene rings is 5. The number of nitrogens with zero attached hydrogens (tertiary/aromatic N) is 1. The van der Waals surface area contributed by atoms with Crippen molar-refractivity contribution < 1.29 is 0 Å². The highest BCUT2D eigenvalue weighted by Gasteiger charge is 2.17. The fourth-order valence-electron chi connectivity index (χ4n) is 5.80. The first-order valence-electron chi connectivity index (χ1n) is 12.4. The highest BCUT2D eigenvalue weighted by molar-refractivity contribution is 6.25. The lowest BCUT2D eigenvalue weighted by Gasteiger charge is -2.19. The van der Waals surface area contributed by atoms with E-state index in [4.69, 9.17) is 0 Å². The van der Waals surface area contributed by atoms with Crippen molar-refractivity contribution in [2.75, 3.05) is 0 Å². The van der Waals surface area contributed by atoms with E-state index in [1.165, 1.54) is 65.2 Å². The van der Waals surface area contributed by atoms with Gasteiger partial charge < -0.3 is 4.40 Å². The maximum absolute atomic E-state index is 2.49. The summed E-state index contributed by atoms with van der Waals surface area (Å²) >= 11 is 0. The fraction of sp³-hybridized carbons (Fsp3) is 0.118. The van der Waals surface area contributed by atoms with E-state index in [1.807, 2.05) is 0 Å². The van der Waals surface area contributed by atoms with Gasteiger partial charge in [-0.25, -0.2) is 0 Å². The lowest BCUT2D eigenvalue weighted by atomic mass is 9.85. The predicted molar refractivity (Wildman–Crippen MR) is 152 cm³/mol. The van der Waals surface area contributed by atoms with Crippen molar-refractivity contribution >= 4 is 59.6 Å². The number of rotatable bonds is 0. The maximum Gasteiger partial charge on any atom is 0.0619 e. The molecule has 0 amide bonds. The summed E-state index contributed by atoms with van der Waals surface area (Å²) in [6.45, 7) is 6.88. The molecule has 7 aromatic rings. The molecule has 0 spiro atoms. The molecule has 0 unspecified atom stereocenters. The van der Waals surface area contributed by atoms with Gasteiger partial charge in [0.15, 0.2) is 0 Å². The van der Waals surface area contributed by atoms with E-state index >= 15 is 0 Å². The molecule has 168 valence electrons. The van der Waals surface area contributed by atoms with Gasteiger partial charge in [0.05, 0.1) is 16.6 Å². The fourth-order valence-corrected chi connectivity index (χ4v) is 5.80. The molecule has 0 radical (unpaired) electrons. The Morgan fingerprint density at radius 1 is 0.429 bits per heavy atom. The van der Waals surface area contributed by atoms with E-state index in [0.717, 1.165) is 0 Å². The van der Waals surface area contributed by atoms with E-state index in [9.17, 15) is 0 Å². The van der Waals surface area contributed by atoms with Crippen LogP contribution in [0.3, 0.4) is 0 Å². The Kier molecular flexibility index (Phi) is 4.17. The molecule has 35 heavy (non-hydrogen) atoms. The van der Waals surface area contributed by atoms with Crippen LogP contribution in [0, 0.1) is 0 Å². The van der Waals surface area contributed by atoms with Gasteiger partial charge in [-0.2, -0.15) is 0 Å². The molecule has 7 rings (SSSR count). The second-order valence-corrected chi connectivity index (χ2v) is 10.6. The first-order valence-corrected chi connectivity index (χ1v) is 12.4. The molecule has 1 heteroatoms. The van der Waals surface area contributed by atoms with Gasteiger partial charge in [-0.3, -0.25) is 0 Å². The molecular weight excluding hydrogens is 422 g/mol. The first kappa shape index (κ1) is 20.3. The number of para-hydroxylation sites is 3. The largest absolute Gasteiger partial charge is 0.308 e. The van der Waals surface area contributed by atoms with Crippen LogP contribution in [0.4, 0.5) is 0 Å². The Balaban J connectivity index is 1.94. The average molecular weight is 450 g/mol. The van der Waals surface area contributed by atoms with Crippen molar-refractivity contribution in [3.8, 4) is 0 Å². The molecule has 0 aliphatic carbocycles. The Morgan fingerprint density at radius 3 is 1.51 bits per heavy atom. The number of hydrogen-bond donors (Lipinski definition) is 0. The summed E-state index contributed by atoms with van der Waals surface area (Å²) in [6, 6.07) is 40.4. The Hall–Kier alpha value is -4.10. The third kappa shape index (κ3) is 2.88. The molecular formula is C34H27N. The van der Waals surface area contributed by atoms with E-state index in [0.29, 0.717) is 0 Å². The molecule has 0 saturated carbocycles. The third-order valence-corrected chi connectivity index (χ3v) is 7.52. The Morgan fingerprint density at radius 2 is 0.886 bits per heavy atom. The predicted octanol–water partition coefficient (Wildman–Crippen LogP) is 9.56. The lowest BCUT2D eigenvalue weighted by Crippen LogP contribution is -2.10. The van der Waals surface area contributed by atoms with Crippen LogP contribution in [-0.2, 0) is 5.41 Å². The zero-order valence-electron chi connectivity index (χ0n) is 20.3. The summed E-state index contributed by atoms with van der Waals surface area (Å²) in [6.07, 6.45) is 0. The van der Waals surface area contributed by atoms with Gasteiger partial charge in [-0.1, -0.05) is 112 Å². The summed E-state index contributed by atoms with van der Waals surface area (Å²) in [5, 5.41) is 10.3. The Bertz CT molecular complexity index is 1980. The molecule has 0 N–H and O–H groups in total. The summed E-state index contributed by atoms with van der Waals surface area (Å²) in [4.78, 5) is 0. The van der Waals surface area contributed by atoms with Gasteiger partial charge in [0, 0.05) is 21.5 Å². The van der Waals surface area contributed by atoms with Crippen LogP contribution in [0.25, 0.3) is 59.6 Å². The number of aromatic nitrogens is 1. The standard InChI is InChI=1S/C34H27N/c1-34(2,3)22-19-20-25-26-13-6-8-17-31(26)35-32-18-9-7-14-27(32)29-16-10-15-28(33(29)35)23-11-4-5-12-24(23)30(25)21-22/h4-21H,1-3H3. The lowest BCUT2D eigenvalue weighted by molar-refractivity contribution is 0.591. The zero-order chi connectivity index (χ0) is 23.7. The van der Waals surface area contributed by atoms with Crippen molar-refractivity contribution in [3.63, 3.8) is 0 Å². The van der Waals surface area contributed by atoms with Crippen LogP contribution in [0.2, 0.25) is 0 Å². The summed E-state index contributed by atoms with van der Waals surface area (Å²) in [5.41, 5.74) is 5.17. The van der Waals surface area contributed by atoms with E-state index < -0.39 is 0 Å². The van der Waals surface area contributed by atoms with Crippen LogP contribution in [-0.4, -0.2) is 4.40 Å². The van der Waals surface area contributed by atoms with Crippen molar-refractivity contribution in [2.45, 2.75) is 26.2 Å². The van der Waals surface area contributed by atoms with Crippen LogP contribution >= 0.6 is 0 Å². The smallest absolute Gasteiger partial charge is 0.0619 e. The topological polar surface area (TPSA) is 4.41 Å². The second kappa shape index (κ2) is 7.20. The Labute approximate surface area is 204 Å². The molecule has 0 bridgehead atoms. The summed E-state index contributed by atoms with van der Waals surface area (Å²) in [7, 11) is 0. The monoisotopic (exact) mass is 449 g/mol. The third-order valence-electron chi connectivity index (χ3n) is 7.52. The molecule has 0 saturated heterocycles. The summed E-state index contributed by atoms with van der Waals surface area (Å²) in [5.74, 6) is 0. The molecule has 2 heterocycles. The van der Waals surface area contributed by atoms with Gasteiger partial charge in [-0.05, 0) is 50.7 Å². The van der Waals surface area contributed by atoms with Crippen molar-refractivity contribution in [1.82, 2.24) is 4.40 Å². The van der Waals surface area contributed by atoms with Gasteiger partial charge in [-0.15, -0.1) is 0 Å². The molecule has 0 aliphatic heterocycles. The van der Waals surface area contributed by atoms with Crippen LogP contribution in [0.5, 0.6) is 0 Å². The molecule has 1 nitrogen and oxygen atoms in total. The quantitative estimate of drug-likeness (QED) is 0.217. The van der Waals surface area contributed by atoms with Crippen LogP contribution in [0.15, 0.2) is 109 Å². The first-order chi connectivity index (χ1) is 17.0. The molecule has 0 atom stereocenters. The highest BCUT2D eigenvalue weighted by atomic mass is 14.9. The SMILES string of the molecule is CC(C)(C)c1ccc2c(c1)c1ccccc1c1cccc3c4ccccc4n(c4ccccc24)c13. The van der Waals surface area contributed by atoms with Gasteiger partial charge in [0.2, 0.25) is 0 Å².